The molecule has 0 unspecified atom stereocenters. The molecule has 2 aromatic carbocycles. The van der Waals surface area contributed by atoms with Gasteiger partial charge >= 0.3 is 0 Å². The van der Waals surface area contributed by atoms with E-state index in [1.165, 1.54) is 17.2 Å². The highest BCUT2D eigenvalue weighted by molar-refractivity contribution is 6.31. The van der Waals surface area contributed by atoms with Gasteiger partial charge in [0.15, 0.2) is 0 Å². The second-order valence-corrected chi connectivity index (χ2v) is 4.56. The zero-order chi connectivity index (χ0) is 13.0. The van der Waals surface area contributed by atoms with Gasteiger partial charge in [0.2, 0.25) is 0 Å². The molecule has 0 fully saturated rings. The highest BCUT2D eigenvalue weighted by atomic mass is 35.5. The summed E-state index contributed by atoms with van der Waals surface area (Å²) in [5.41, 5.74) is 3.33. The van der Waals surface area contributed by atoms with Crippen LogP contribution in [0.2, 0.25) is 5.02 Å². The Kier molecular flexibility index (Phi) is 4.21. The molecule has 2 aromatic rings. The first-order valence-corrected chi connectivity index (χ1v) is 6.33. The van der Waals surface area contributed by atoms with E-state index in [0.717, 1.165) is 12.1 Å². The van der Waals surface area contributed by atoms with Crippen LogP contribution in [-0.2, 0) is 13.0 Å². The van der Waals surface area contributed by atoms with E-state index in [4.69, 9.17) is 11.6 Å². The number of hydrogen-bond acceptors (Lipinski definition) is 1. The minimum Gasteiger partial charge on any atom is -0.381 e. The summed E-state index contributed by atoms with van der Waals surface area (Å²) in [4.78, 5) is 0. The molecule has 0 atom stereocenters. The first-order valence-electron chi connectivity index (χ1n) is 5.96. The van der Waals surface area contributed by atoms with Crippen LogP contribution in [0.1, 0.15) is 18.1 Å². The third-order valence-corrected chi connectivity index (χ3v) is 3.14. The molecule has 0 aliphatic rings. The van der Waals surface area contributed by atoms with Crippen molar-refractivity contribution in [2.24, 2.45) is 0 Å². The summed E-state index contributed by atoms with van der Waals surface area (Å²) in [6.07, 6.45) is 1.04. The number of benzene rings is 2. The quantitative estimate of drug-likeness (QED) is 0.846. The zero-order valence-corrected chi connectivity index (χ0v) is 11.0. The molecule has 0 amide bonds. The van der Waals surface area contributed by atoms with Gasteiger partial charge in [-0.3, -0.25) is 0 Å². The highest BCUT2D eigenvalue weighted by Gasteiger charge is 2.00. The van der Waals surface area contributed by atoms with Crippen LogP contribution in [0.4, 0.5) is 10.1 Å². The molecule has 0 aromatic heterocycles. The van der Waals surface area contributed by atoms with Crippen molar-refractivity contribution in [3.05, 3.63) is 64.4 Å². The Labute approximate surface area is 112 Å². The van der Waals surface area contributed by atoms with Crippen molar-refractivity contribution in [3.8, 4) is 0 Å². The monoisotopic (exact) mass is 263 g/mol. The van der Waals surface area contributed by atoms with E-state index in [-0.39, 0.29) is 5.02 Å². The van der Waals surface area contributed by atoms with E-state index >= 15 is 0 Å². The molecule has 18 heavy (non-hydrogen) atoms. The van der Waals surface area contributed by atoms with Crippen LogP contribution >= 0.6 is 11.6 Å². The summed E-state index contributed by atoms with van der Waals surface area (Å²) < 4.78 is 13.0. The molecule has 94 valence electrons. The lowest BCUT2D eigenvalue weighted by atomic mass is 10.1. The van der Waals surface area contributed by atoms with E-state index in [1.54, 1.807) is 12.1 Å². The third-order valence-electron chi connectivity index (χ3n) is 2.85. The maximum Gasteiger partial charge on any atom is 0.141 e. The van der Waals surface area contributed by atoms with Crippen molar-refractivity contribution < 1.29 is 4.39 Å². The predicted octanol–water partition coefficient (Wildman–Crippen LogP) is 4.65. The van der Waals surface area contributed by atoms with Gasteiger partial charge in [-0.05, 0) is 35.7 Å². The topological polar surface area (TPSA) is 12.0 Å². The van der Waals surface area contributed by atoms with E-state index < -0.39 is 5.82 Å². The van der Waals surface area contributed by atoms with Crippen molar-refractivity contribution in [1.82, 2.24) is 0 Å². The van der Waals surface area contributed by atoms with Gasteiger partial charge in [-0.2, -0.15) is 0 Å². The van der Waals surface area contributed by atoms with Gasteiger partial charge in [0, 0.05) is 12.2 Å². The zero-order valence-electron chi connectivity index (χ0n) is 10.2. The van der Waals surface area contributed by atoms with Crippen LogP contribution in [0.3, 0.4) is 0 Å². The number of anilines is 1. The van der Waals surface area contributed by atoms with E-state index in [1.807, 2.05) is 0 Å². The predicted molar refractivity (Wildman–Crippen MR) is 74.6 cm³/mol. The third kappa shape index (κ3) is 3.23. The fraction of sp³-hybridized carbons (Fsp3) is 0.200. The number of nitrogens with one attached hydrogen (secondary N) is 1. The van der Waals surface area contributed by atoms with Crippen molar-refractivity contribution in [2.45, 2.75) is 19.9 Å². The molecular formula is C15H15ClFN. The fourth-order valence-corrected chi connectivity index (χ4v) is 1.88. The second kappa shape index (κ2) is 5.87. The maximum absolute atomic E-state index is 13.0. The average molecular weight is 264 g/mol. The lowest BCUT2D eigenvalue weighted by Gasteiger charge is -2.08. The molecule has 0 saturated heterocycles. The van der Waals surface area contributed by atoms with Gasteiger partial charge in [-0.1, -0.05) is 42.8 Å². The Morgan fingerprint density at radius 1 is 1.06 bits per heavy atom. The fourth-order valence-electron chi connectivity index (χ4n) is 1.70. The lowest BCUT2D eigenvalue weighted by Crippen LogP contribution is -1.99. The van der Waals surface area contributed by atoms with Gasteiger partial charge < -0.3 is 5.32 Å². The normalized spacial score (nSPS) is 10.4. The van der Waals surface area contributed by atoms with E-state index in [2.05, 4.69) is 36.5 Å². The molecule has 0 bridgehead atoms. The Balaban J connectivity index is 1.99. The Bertz CT molecular complexity index is 523. The van der Waals surface area contributed by atoms with Crippen molar-refractivity contribution in [3.63, 3.8) is 0 Å². The second-order valence-electron chi connectivity index (χ2n) is 4.15. The lowest BCUT2D eigenvalue weighted by molar-refractivity contribution is 0.628. The van der Waals surface area contributed by atoms with Crippen molar-refractivity contribution in [2.75, 3.05) is 5.32 Å². The molecule has 1 nitrogen and oxygen atoms in total. The summed E-state index contributed by atoms with van der Waals surface area (Å²) >= 11 is 5.72. The van der Waals surface area contributed by atoms with Crippen molar-refractivity contribution in [1.29, 1.82) is 0 Å². The highest BCUT2D eigenvalue weighted by Crippen LogP contribution is 2.19. The first-order chi connectivity index (χ1) is 8.69. The number of rotatable bonds is 4. The minimum absolute atomic E-state index is 0.140. The van der Waals surface area contributed by atoms with Gasteiger partial charge in [0.1, 0.15) is 5.82 Å². The van der Waals surface area contributed by atoms with Crippen LogP contribution in [0.15, 0.2) is 42.5 Å². The standard InChI is InChI=1S/C15H15ClFN/c1-2-11-3-5-12(6-4-11)10-18-13-7-8-15(17)14(16)9-13/h3-9,18H,2,10H2,1H3. The Morgan fingerprint density at radius 3 is 2.33 bits per heavy atom. The number of hydrogen-bond donors (Lipinski definition) is 1. The summed E-state index contributed by atoms with van der Waals surface area (Å²) in [5.74, 6) is -0.394. The molecule has 3 heteroatoms. The van der Waals surface area contributed by atoms with Gasteiger partial charge in [0.25, 0.3) is 0 Å². The van der Waals surface area contributed by atoms with E-state index in [9.17, 15) is 4.39 Å². The molecule has 1 N–H and O–H groups in total. The Hall–Kier alpha value is -1.54. The molecule has 0 spiro atoms. The summed E-state index contributed by atoms with van der Waals surface area (Å²) in [7, 11) is 0. The SMILES string of the molecule is CCc1ccc(CNc2ccc(F)c(Cl)c2)cc1. The maximum atomic E-state index is 13.0. The molecule has 0 aliphatic carbocycles. The van der Waals surface area contributed by atoms with Crippen LogP contribution in [0.5, 0.6) is 0 Å². The van der Waals surface area contributed by atoms with Gasteiger partial charge in [-0.25, -0.2) is 4.39 Å². The summed E-state index contributed by atoms with van der Waals surface area (Å²) in [6, 6.07) is 13.1. The average Bonchev–Trinajstić information content (AvgIpc) is 2.41. The minimum atomic E-state index is -0.394. The van der Waals surface area contributed by atoms with Gasteiger partial charge in [0.05, 0.1) is 5.02 Å². The van der Waals surface area contributed by atoms with Crippen LogP contribution in [0, 0.1) is 5.82 Å². The molecule has 0 radical (unpaired) electrons. The largest absolute Gasteiger partial charge is 0.381 e. The van der Waals surface area contributed by atoms with Crippen molar-refractivity contribution >= 4 is 17.3 Å². The molecule has 0 heterocycles. The van der Waals surface area contributed by atoms with Crippen LogP contribution < -0.4 is 5.32 Å². The smallest absolute Gasteiger partial charge is 0.141 e. The number of aryl methyl sites for hydroxylation is 1. The van der Waals surface area contributed by atoms with Crippen LogP contribution in [0.25, 0.3) is 0 Å². The van der Waals surface area contributed by atoms with E-state index in [0.29, 0.717) is 6.54 Å². The summed E-state index contributed by atoms with van der Waals surface area (Å²) in [5, 5.41) is 3.36. The van der Waals surface area contributed by atoms with Gasteiger partial charge in [-0.15, -0.1) is 0 Å². The molecular weight excluding hydrogens is 249 g/mol. The first kappa shape index (κ1) is 12.9. The molecule has 0 saturated carbocycles. The molecule has 0 aliphatic heterocycles. The number of halogens is 2. The van der Waals surface area contributed by atoms with Crippen LogP contribution in [-0.4, -0.2) is 0 Å². The Morgan fingerprint density at radius 2 is 1.72 bits per heavy atom. The summed E-state index contributed by atoms with van der Waals surface area (Å²) in [6.45, 7) is 2.83. The molecule has 2 rings (SSSR count).